The molecule has 0 fully saturated rings. The van der Waals surface area contributed by atoms with Crippen molar-refractivity contribution in [3.8, 4) is 0 Å². The molecular weight excluding hydrogens is 124 g/mol. The van der Waals surface area contributed by atoms with E-state index in [1.165, 1.54) is 12.8 Å². The lowest BCUT2D eigenvalue weighted by Crippen LogP contribution is -2.18. The highest BCUT2D eigenvalue weighted by atomic mass is 16.3. The maximum atomic E-state index is 9.45. The van der Waals surface area contributed by atoms with Gasteiger partial charge in [-0.2, -0.15) is 0 Å². The maximum Gasteiger partial charge on any atom is 0.0565 e. The first-order valence-electron chi connectivity index (χ1n) is 4.44. The molecule has 1 nitrogen and oxygen atoms in total. The van der Waals surface area contributed by atoms with Gasteiger partial charge >= 0.3 is 0 Å². The van der Waals surface area contributed by atoms with Gasteiger partial charge in [-0.3, -0.25) is 0 Å². The van der Waals surface area contributed by atoms with Gasteiger partial charge in [-0.05, 0) is 18.8 Å². The van der Waals surface area contributed by atoms with Gasteiger partial charge in [0, 0.05) is 0 Å². The largest absolute Gasteiger partial charge is 0.393 e. The van der Waals surface area contributed by atoms with E-state index in [-0.39, 0.29) is 6.10 Å². The fraction of sp³-hybridized carbons (Fsp3) is 1.00. The van der Waals surface area contributed by atoms with E-state index in [1.54, 1.807) is 0 Å². The summed E-state index contributed by atoms with van der Waals surface area (Å²) in [5, 5.41) is 9.45. The molecule has 0 amide bonds. The number of aliphatic hydroxyl groups excluding tert-OH is 1. The SMILES string of the molecule is CCCC(CC)C(O)CC. The van der Waals surface area contributed by atoms with Crippen LogP contribution >= 0.6 is 0 Å². The molecule has 0 aromatic rings. The van der Waals surface area contributed by atoms with Crippen LogP contribution in [0.3, 0.4) is 0 Å². The van der Waals surface area contributed by atoms with E-state index in [0.29, 0.717) is 5.92 Å². The predicted molar refractivity (Wildman–Crippen MR) is 45.0 cm³/mol. The molecular formula is C9H20O. The summed E-state index contributed by atoms with van der Waals surface area (Å²) in [5.74, 6) is 0.537. The molecule has 1 N–H and O–H groups in total. The molecule has 0 rings (SSSR count). The van der Waals surface area contributed by atoms with Crippen LogP contribution in [0.25, 0.3) is 0 Å². The van der Waals surface area contributed by atoms with Crippen molar-refractivity contribution in [2.24, 2.45) is 5.92 Å². The fourth-order valence-electron chi connectivity index (χ4n) is 1.37. The van der Waals surface area contributed by atoms with E-state index in [9.17, 15) is 5.11 Å². The first-order chi connectivity index (χ1) is 4.76. The minimum absolute atomic E-state index is 0.0649. The van der Waals surface area contributed by atoms with Crippen LogP contribution < -0.4 is 0 Å². The average Bonchev–Trinajstić information content (AvgIpc) is 1.99. The fourth-order valence-corrected chi connectivity index (χ4v) is 1.37. The quantitative estimate of drug-likeness (QED) is 0.628. The number of aliphatic hydroxyl groups is 1. The molecule has 0 spiro atoms. The average molecular weight is 144 g/mol. The van der Waals surface area contributed by atoms with E-state index >= 15 is 0 Å². The van der Waals surface area contributed by atoms with Gasteiger partial charge in [-0.15, -0.1) is 0 Å². The third kappa shape index (κ3) is 3.21. The molecule has 0 saturated heterocycles. The Balaban J connectivity index is 3.56. The Bertz CT molecular complexity index is 71.1. The predicted octanol–water partition coefficient (Wildman–Crippen LogP) is 2.58. The monoisotopic (exact) mass is 144 g/mol. The van der Waals surface area contributed by atoms with Crippen LogP contribution in [-0.2, 0) is 0 Å². The van der Waals surface area contributed by atoms with E-state index in [2.05, 4.69) is 13.8 Å². The second-order valence-corrected chi connectivity index (χ2v) is 2.93. The Labute approximate surface area is 64.5 Å². The van der Waals surface area contributed by atoms with Gasteiger partial charge in [-0.25, -0.2) is 0 Å². The van der Waals surface area contributed by atoms with Crippen molar-refractivity contribution in [2.45, 2.75) is 52.6 Å². The highest BCUT2D eigenvalue weighted by Crippen LogP contribution is 2.17. The van der Waals surface area contributed by atoms with Crippen molar-refractivity contribution < 1.29 is 5.11 Å². The zero-order valence-corrected chi connectivity index (χ0v) is 7.43. The molecule has 0 aromatic carbocycles. The molecule has 0 bridgehead atoms. The Kier molecular flexibility index (Phi) is 5.70. The summed E-state index contributed by atoms with van der Waals surface area (Å²) in [5.41, 5.74) is 0. The summed E-state index contributed by atoms with van der Waals surface area (Å²) in [7, 11) is 0. The molecule has 1 heteroatoms. The van der Waals surface area contributed by atoms with Gasteiger partial charge in [0.25, 0.3) is 0 Å². The van der Waals surface area contributed by atoms with Crippen LogP contribution in [0.5, 0.6) is 0 Å². The van der Waals surface area contributed by atoms with Crippen molar-refractivity contribution in [2.75, 3.05) is 0 Å². The van der Waals surface area contributed by atoms with Gasteiger partial charge in [0.1, 0.15) is 0 Å². The van der Waals surface area contributed by atoms with Crippen LogP contribution in [0.4, 0.5) is 0 Å². The summed E-state index contributed by atoms with van der Waals surface area (Å²) in [6.45, 7) is 6.37. The molecule has 10 heavy (non-hydrogen) atoms. The molecule has 62 valence electrons. The Morgan fingerprint density at radius 3 is 2.00 bits per heavy atom. The second-order valence-electron chi connectivity index (χ2n) is 2.93. The van der Waals surface area contributed by atoms with Crippen LogP contribution in [0.1, 0.15) is 46.5 Å². The molecule has 0 aliphatic carbocycles. The minimum Gasteiger partial charge on any atom is -0.393 e. The number of hydrogen-bond donors (Lipinski definition) is 1. The molecule has 0 aliphatic heterocycles. The van der Waals surface area contributed by atoms with Crippen molar-refractivity contribution in [1.29, 1.82) is 0 Å². The van der Waals surface area contributed by atoms with E-state index < -0.39 is 0 Å². The number of rotatable bonds is 5. The van der Waals surface area contributed by atoms with Gasteiger partial charge in [0.05, 0.1) is 6.10 Å². The first-order valence-corrected chi connectivity index (χ1v) is 4.44. The summed E-state index contributed by atoms with van der Waals surface area (Å²) in [6, 6.07) is 0. The zero-order chi connectivity index (χ0) is 7.98. The van der Waals surface area contributed by atoms with Crippen LogP contribution in [0, 0.1) is 5.92 Å². The van der Waals surface area contributed by atoms with Gasteiger partial charge in [0.15, 0.2) is 0 Å². The van der Waals surface area contributed by atoms with Crippen molar-refractivity contribution in [3.63, 3.8) is 0 Å². The Morgan fingerprint density at radius 2 is 1.70 bits per heavy atom. The molecule has 0 radical (unpaired) electrons. The summed E-state index contributed by atoms with van der Waals surface area (Å²) in [4.78, 5) is 0. The van der Waals surface area contributed by atoms with Crippen LogP contribution in [0.2, 0.25) is 0 Å². The van der Waals surface area contributed by atoms with Crippen LogP contribution in [0.15, 0.2) is 0 Å². The normalized spacial score (nSPS) is 16.8. The zero-order valence-electron chi connectivity index (χ0n) is 7.43. The topological polar surface area (TPSA) is 20.2 Å². The maximum absolute atomic E-state index is 9.45. The van der Waals surface area contributed by atoms with Crippen molar-refractivity contribution >= 4 is 0 Å². The first kappa shape index (κ1) is 9.96. The van der Waals surface area contributed by atoms with Gasteiger partial charge in [0.2, 0.25) is 0 Å². The second kappa shape index (κ2) is 5.72. The van der Waals surface area contributed by atoms with Crippen molar-refractivity contribution in [1.82, 2.24) is 0 Å². The highest BCUT2D eigenvalue weighted by molar-refractivity contribution is 4.64. The molecule has 2 atom stereocenters. The third-order valence-corrected chi connectivity index (χ3v) is 2.15. The summed E-state index contributed by atoms with van der Waals surface area (Å²) >= 11 is 0. The lowest BCUT2D eigenvalue weighted by atomic mass is 9.93. The molecule has 0 saturated carbocycles. The molecule has 0 aromatic heterocycles. The lowest BCUT2D eigenvalue weighted by Gasteiger charge is -2.18. The Hall–Kier alpha value is -0.0400. The highest BCUT2D eigenvalue weighted by Gasteiger charge is 2.13. The summed E-state index contributed by atoms with van der Waals surface area (Å²) in [6.07, 6.45) is 4.31. The molecule has 2 unspecified atom stereocenters. The summed E-state index contributed by atoms with van der Waals surface area (Å²) < 4.78 is 0. The van der Waals surface area contributed by atoms with E-state index in [0.717, 1.165) is 12.8 Å². The molecule has 0 aliphatic rings. The van der Waals surface area contributed by atoms with Crippen molar-refractivity contribution in [3.05, 3.63) is 0 Å². The smallest absolute Gasteiger partial charge is 0.0565 e. The van der Waals surface area contributed by atoms with E-state index in [4.69, 9.17) is 0 Å². The Morgan fingerprint density at radius 1 is 1.10 bits per heavy atom. The molecule has 0 heterocycles. The number of hydrogen-bond acceptors (Lipinski definition) is 1. The lowest BCUT2D eigenvalue weighted by molar-refractivity contribution is 0.0958. The van der Waals surface area contributed by atoms with Gasteiger partial charge in [-0.1, -0.05) is 33.6 Å². The van der Waals surface area contributed by atoms with Crippen LogP contribution in [-0.4, -0.2) is 11.2 Å². The third-order valence-electron chi connectivity index (χ3n) is 2.15. The van der Waals surface area contributed by atoms with Gasteiger partial charge < -0.3 is 5.11 Å². The minimum atomic E-state index is -0.0649. The van der Waals surface area contributed by atoms with E-state index in [1.807, 2.05) is 6.92 Å². The standard InChI is InChI=1S/C9H20O/c1-4-7-8(5-2)9(10)6-3/h8-10H,4-7H2,1-3H3.